The molecule has 2 aliphatic heterocycles. The Morgan fingerprint density at radius 3 is 2.69 bits per heavy atom. The van der Waals surface area contributed by atoms with Crippen molar-refractivity contribution in [1.82, 2.24) is 34.6 Å². The second-order valence-corrected chi connectivity index (χ2v) is 8.47. The summed E-state index contributed by atoms with van der Waals surface area (Å²) < 4.78 is 3.43. The van der Waals surface area contributed by atoms with Crippen molar-refractivity contribution in [1.29, 1.82) is 0 Å². The van der Waals surface area contributed by atoms with Gasteiger partial charge in [0, 0.05) is 38.3 Å². The lowest BCUT2D eigenvalue weighted by molar-refractivity contribution is 0.0843. The van der Waals surface area contributed by atoms with Crippen molar-refractivity contribution in [2.45, 2.75) is 19.0 Å². The van der Waals surface area contributed by atoms with E-state index in [4.69, 9.17) is 0 Å². The van der Waals surface area contributed by atoms with Crippen LogP contribution < -0.4 is 16.0 Å². The number of pyridine rings is 1. The Morgan fingerprint density at radius 1 is 1.16 bits per heavy atom. The SMILES string of the molecule is C[C@@H]1CNC(=O)c2cc3ccc(C(=O)Nc4cn(C)c(C(=O)NC5CN(C)C5)n4)nc3n21. The summed E-state index contributed by atoms with van der Waals surface area (Å²) >= 11 is 0. The standard InChI is InChI=1S/C21H24N8O3/c1-11-7-22-20(31)15-6-12-4-5-14(24-17(12)29(11)15)19(30)26-16-10-28(3)18(25-16)21(32)23-13-8-27(2)9-13/h4-6,10-11,13H,7-9H2,1-3H3,(H,22,31)(H,23,32)(H,26,30)/t11-/m1/s1. The van der Waals surface area contributed by atoms with Crippen molar-refractivity contribution in [2.24, 2.45) is 7.05 Å². The molecule has 3 aromatic rings. The normalized spacial score (nSPS) is 18.7. The number of imidazole rings is 1. The van der Waals surface area contributed by atoms with Gasteiger partial charge in [-0.25, -0.2) is 9.97 Å². The van der Waals surface area contributed by atoms with Crippen LogP contribution in [0.15, 0.2) is 24.4 Å². The van der Waals surface area contributed by atoms with Crippen molar-refractivity contribution >= 4 is 34.6 Å². The molecule has 1 fully saturated rings. The molecule has 0 spiro atoms. The summed E-state index contributed by atoms with van der Waals surface area (Å²) in [6, 6.07) is 5.29. The Bertz CT molecular complexity index is 1250. The first kappa shape index (κ1) is 20.2. The third-order valence-electron chi connectivity index (χ3n) is 5.87. The van der Waals surface area contributed by atoms with E-state index in [-0.39, 0.29) is 41.2 Å². The Kier molecular flexibility index (Phi) is 4.70. The Balaban J connectivity index is 1.35. The van der Waals surface area contributed by atoms with Crippen LogP contribution in [0.5, 0.6) is 0 Å². The van der Waals surface area contributed by atoms with Crippen molar-refractivity contribution < 1.29 is 14.4 Å². The molecule has 3 aromatic heterocycles. The molecular weight excluding hydrogens is 412 g/mol. The summed E-state index contributed by atoms with van der Waals surface area (Å²) in [5.41, 5.74) is 1.31. The predicted molar refractivity (Wildman–Crippen MR) is 117 cm³/mol. The molecule has 2 aliphatic rings. The number of likely N-dealkylation sites (N-methyl/N-ethyl adjacent to an activating group) is 1. The molecule has 32 heavy (non-hydrogen) atoms. The number of carbonyl (C=O) groups is 3. The number of rotatable bonds is 4. The molecule has 3 amide bonds. The van der Waals surface area contributed by atoms with Crippen LogP contribution in [0.1, 0.15) is 44.6 Å². The molecule has 5 rings (SSSR count). The van der Waals surface area contributed by atoms with Crippen LogP contribution in [0, 0.1) is 0 Å². The van der Waals surface area contributed by atoms with E-state index in [0.29, 0.717) is 17.9 Å². The zero-order valence-corrected chi connectivity index (χ0v) is 18.0. The summed E-state index contributed by atoms with van der Waals surface area (Å²) in [7, 11) is 3.69. The summed E-state index contributed by atoms with van der Waals surface area (Å²) in [6.07, 6.45) is 1.59. The van der Waals surface area contributed by atoms with Crippen molar-refractivity contribution in [3.8, 4) is 0 Å². The third-order valence-corrected chi connectivity index (χ3v) is 5.87. The highest BCUT2D eigenvalue weighted by atomic mass is 16.2. The van der Waals surface area contributed by atoms with Crippen LogP contribution >= 0.6 is 0 Å². The molecule has 0 unspecified atom stereocenters. The predicted octanol–water partition coefficient (Wildman–Crippen LogP) is 0.370. The summed E-state index contributed by atoms with van der Waals surface area (Å²) in [4.78, 5) is 48.4. The van der Waals surface area contributed by atoms with Crippen molar-refractivity contribution in [3.05, 3.63) is 41.6 Å². The Hall–Kier alpha value is -3.73. The van der Waals surface area contributed by atoms with Crippen LogP contribution in [-0.4, -0.2) is 74.4 Å². The zero-order chi connectivity index (χ0) is 22.6. The van der Waals surface area contributed by atoms with Crippen LogP contribution in [-0.2, 0) is 7.05 Å². The number of aromatic nitrogens is 4. The number of carbonyl (C=O) groups excluding carboxylic acids is 3. The molecule has 0 saturated carbocycles. The maximum atomic E-state index is 12.8. The van der Waals surface area contributed by atoms with Crippen LogP contribution in [0.2, 0.25) is 0 Å². The smallest absolute Gasteiger partial charge is 0.287 e. The molecule has 166 valence electrons. The van der Waals surface area contributed by atoms with E-state index in [1.165, 1.54) is 0 Å². The highest BCUT2D eigenvalue weighted by Gasteiger charge is 2.28. The van der Waals surface area contributed by atoms with Gasteiger partial charge in [-0.05, 0) is 32.2 Å². The largest absolute Gasteiger partial charge is 0.349 e. The summed E-state index contributed by atoms with van der Waals surface area (Å²) in [6.45, 7) is 4.10. The van der Waals surface area contributed by atoms with Crippen LogP contribution in [0.3, 0.4) is 0 Å². The van der Waals surface area contributed by atoms with E-state index in [9.17, 15) is 14.4 Å². The second-order valence-electron chi connectivity index (χ2n) is 8.47. The minimum atomic E-state index is -0.443. The van der Waals surface area contributed by atoms with E-state index in [1.54, 1.807) is 36.0 Å². The lowest BCUT2D eigenvalue weighted by Crippen LogP contribution is -2.57. The third kappa shape index (κ3) is 3.40. The molecule has 0 aromatic carbocycles. The Morgan fingerprint density at radius 2 is 1.94 bits per heavy atom. The number of nitrogens with zero attached hydrogens (tertiary/aromatic N) is 5. The minimum absolute atomic E-state index is 0.0262. The van der Waals surface area contributed by atoms with Gasteiger partial charge in [0.1, 0.15) is 17.0 Å². The maximum absolute atomic E-state index is 12.8. The number of amides is 3. The van der Waals surface area contributed by atoms with E-state index in [1.807, 2.05) is 18.5 Å². The van der Waals surface area contributed by atoms with Gasteiger partial charge in [0.2, 0.25) is 5.82 Å². The molecule has 11 nitrogen and oxygen atoms in total. The molecule has 5 heterocycles. The van der Waals surface area contributed by atoms with Gasteiger partial charge in [0.25, 0.3) is 17.7 Å². The first-order chi connectivity index (χ1) is 15.3. The quantitative estimate of drug-likeness (QED) is 0.543. The van der Waals surface area contributed by atoms with E-state index < -0.39 is 5.91 Å². The highest BCUT2D eigenvalue weighted by molar-refractivity contribution is 6.05. The molecule has 0 aliphatic carbocycles. The highest BCUT2D eigenvalue weighted by Crippen LogP contribution is 2.25. The number of aryl methyl sites for hydroxylation is 1. The maximum Gasteiger partial charge on any atom is 0.287 e. The minimum Gasteiger partial charge on any atom is -0.349 e. The van der Waals surface area contributed by atoms with Gasteiger partial charge in [-0.2, -0.15) is 0 Å². The summed E-state index contributed by atoms with van der Waals surface area (Å²) in [5.74, 6) is -0.391. The molecule has 1 atom stereocenters. The van der Waals surface area contributed by atoms with E-state index >= 15 is 0 Å². The Labute approximate surface area is 183 Å². The van der Waals surface area contributed by atoms with Gasteiger partial charge >= 0.3 is 0 Å². The molecule has 0 radical (unpaired) electrons. The van der Waals surface area contributed by atoms with Gasteiger partial charge in [-0.1, -0.05) is 0 Å². The molecular formula is C21H24N8O3. The molecule has 3 N–H and O–H groups in total. The van der Waals surface area contributed by atoms with E-state index in [2.05, 4.69) is 30.8 Å². The van der Waals surface area contributed by atoms with Gasteiger partial charge in [0.15, 0.2) is 5.82 Å². The molecule has 0 bridgehead atoms. The van der Waals surface area contributed by atoms with Gasteiger partial charge < -0.3 is 30.0 Å². The topological polar surface area (TPSA) is 126 Å². The fourth-order valence-electron chi connectivity index (χ4n) is 4.22. The number of hydrogen-bond acceptors (Lipinski definition) is 6. The second kappa shape index (κ2) is 7.45. The zero-order valence-electron chi connectivity index (χ0n) is 18.0. The number of hydrogen-bond donors (Lipinski definition) is 3. The van der Waals surface area contributed by atoms with Gasteiger partial charge in [-0.15, -0.1) is 0 Å². The van der Waals surface area contributed by atoms with Gasteiger partial charge in [0.05, 0.1) is 12.1 Å². The summed E-state index contributed by atoms with van der Waals surface area (Å²) in [5, 5.41) is 9.28. The lowest BCUT2D eigenvalue weighted by atomic mass is 10.1. The monoisotopic (exact) mass is 436 g/mol. The average molecular weight is 436 g/mol. The number of nitrogens with one attached hydrogen (secondary N) is 3. The van der Waals surface area contributed by atoms with Crippen molar-refractivity contribution in [3.63, 3.8) is 0 Å². The average Bonchev–Trinajstić information content (AvgIpc) is 3.30. The fourth-order valence-corrected chi connectivity index (χ4v) is 4.22. The first-order valence-electron chi connectivity index (χ1n) is 10.4. The van der Waals surface area contributed by atoms with Crippen molar-refractivity contribution in [2.75, 3.05) is 32.0 Å². The molecule has 1 saturated heterocycles. The first-order valence-corrected chi connectivity index (χ1v) is 10.4. The number of fused-ring (bicyclic) bond motifs is 3. The van der Waals surface area contributed by atoms with Crippen LogP contribution in [0.25, 0.3) is 11.0 Å². The van der Waals surface area contributed by atoms with Gasteiger partial charge in [-0.3, -0.25) is 14.4 Å². The number of likely N-dealkylation sites (tertiary alicyclic amines) is 1. The molecule has 11 heteroatoms. The lowest BCUT2D eigenvalue weighted by Gasteiger charge is -2.36. The van der Waals surface area contributed by atoms with E-state index in [0.717, 1.165) is 18.5 Å². The van der Waals surface area contributed by atoms with Crippen LogP contribution in [0.4, 0.5) is 5.82 Å². The number of anilines is 1. The fraction of sp³-hybridized carbons (Fsp3) is 0.381.